The predicted molar refractivity (Wildman–Crippen MR) is 136 cm³/mol. The lowest BCUT2D eigenvalue weighted by Crippen LogP contribution is -2.48. The Morgan fingerprint density at radius 1 is 0.829 bits per heavy atom. The van der Waals surface area contributed by atoms with Gasteiger partial charge >= 0.3 is 0 Å². The smallest absolute Gasteiger partial charge is 0.161 e. The first kappa shape index (κ1) is 22.8. The summed E-state index contributed by atoms with van der Waals surface area (Å²) in [7, 11) is 3.23. The number of halogens is 1. The lowest BCUT2D eigenvalue weighted by atomic mass is 9.87. The SMILES string of the molecule is COc1ccc(-c2nc3cc(F)c(C4CCN(C5CCN(C6CC6)CC5)CC4)cc3[nH]2)cc1OC. The Morgan fingerprint density at radius 3 is 2.14 bits per heavy atom. The van der Waals surface area contributed by atoms with Crippen LogP contribution in [0.2, 0.25) is 0 Å². The van der Waals surface area contributed by atoms with Crippen molar-refractivity contribution in [2.24, 2.45) is 0 Å². The molecule has 1 N–H and O–H groups in total. The minimum atomic E-state index is -0.140. The van der Waals surface area contributed by atoms with Gasteiger partial charge in [-0.25, -0.2) is 9.37 Å². The summed E-state index contributed by atoms with van der Waals surface area (Å²) < 4.78 is 26.0. The molecule has 3 heterocycles. The van der Waals surface area contributed by atoms with Crippen LogP contribution in [0, 0.1) is 5.82 Å². The normalized spacial score (nSPS) is 21.0. The number of nitrogens with zero attached hydrogens (tertiary/aromatic N) is 3. The van der Waals surface area contributed by atoms with E-state index in [0.717, 1.165) is 48.6 Å². The molecule has 0 bridgehead atoms. The highest BCUT2D eigenvalue weighted by molar-refractivity contribution is 5.80. The fourth-order valence-corrected chi connectivity index (χ4v) is 6.11. The van der Waals surface area contributed by atoms with Gasteiger partial charge in [0.2, 0.25) is 0 Å². The second-order valence-corrected chi connectivity index (χ2v) is 10.4. The molecule has 3 aromatic rings. The molecule has 0 atom stereocenters. The number of likely N-dealkylation sites (tertiary alicyclic amines) is 2. The Balaban J connectivity index is 1.15. The van der Waals surface area contributed by atoms with Crippen molar-refractivity contribution in [3.05, 3.63) is 41.7 Å². The maximum absolute atomic E-state index is 15.2. The summed E-state index contributed by atoms with van der Waals surface area (Å²) in [6.45, 7) is 4.64. The molecular weight excluding hydrogens is 443 g/mol. The molecule has 0 unspecified atom stereocenters. The van der Waals surface area contributed by atoms with Crippen LogP contribution >= 0.6 is 0 Å². The van der Waals surface area contributed by atoms with Crippen LogP contribution < -0.4 is 9.47 Å². The number of methoxy groups -OCH3 is 2. The van der Waals surface area contributed by atoms with Crippen LogP contribution in [-0.2, 0) is 0 Å². The molecule has 2 aliphatic heterocycles. The van der Waals surface area contributed by atoms with Gasteiger partial charge < -0.3 is 24.3 Å². The van der Waals surface area contributed by atoms with Gasteiger partial charge in [-0.05, 0) is 100 Å². The minimum Gasteiger partial charge on any atom is -0.493 e. The number of benzene rings is 2. The summed E-state index contributed by atoms with van der Waals surface area (Å²) in [5.74, 6) is 2.13. The molecule has 2 aromatic carbocycles. The zero-order valence-corrected chi connectivity index (χ0v) is 20.7. The lowest BCUT2D eigenvalue weighted by molar-refractivity contribution is 0.0841. The number of imidazole rings is 1. The quantitative estimate of drug-likeness (QED) is 0.528. The van der Waals surface area contributed by atoms with Gasteiger partial charge in [-0.3, -0.25) is 0 Å². The van der Waals surface area contributed by atoms with E-state index in [4.69, 9.17) is 9.47 Å². The van der Waals surface area contributed by atoms with Crippen molar-refractivity contribution in [1.82, 2.24) is 19.8 Å². The Kier molecular flexibility index (Phi) is 6.14. The summed E-state index contributed by atoms with van der Waals surface area (Å²) in [6.07, 6.45) is 7.41. The average molecular weight is 479 g/mol. The van der Waals surface area contributed by atoms with Gasteiger partial charge in [0.05, 0.1) is 25.3 Å². The molecule has 1 aromatic heterocycles. The molecule has 6 rings (SSSR count). The van der Waals surface area contributed by atoms with Crippen molar-refractivity contribution in [3.63, 3.8) is 0 Å². The van der Waals surface area contributed by atoms with E-state index in [2.05, 4.69) is 19.8 Å². The molecule has 3 aliphatic rings. The molecule has 35 heavy (non-hydrogen) atoms. The van der Waals surface area contributed by atoms with Crippen LogP contribution in [0.25, 0.3) is 22.4 Å². The number of H-pyrrole nitrogens is 1. The number of aromatic amines is 1. The Hall–Kier alpha value is -2.64. The van der Waals surface area contributed by atoms with Crippen molar-refractivity contribution in [2.75, 3.05) is 40.4 Å². The number of nitrogens with one attached hydrogen (secondary N) is 1. The summed E-state index contributed by atoms with van der Waals surface area (Å²) in [5, 5.41) is 0. The summed E-state index contributed by atoms with van der Waals surface area (Å²) in [6, 6.07) is 10.8. The largest absolute Gasteiger partial charge is 0.493 e. The van der Waals surface area contributed by atoms with Crippen LogP contribution in [0.3, 0.4) is 0 Å². The number of aromatic nitrogens is 2. The second kappa shape index (κ2) is 9.43. The lowest BCUT2D eigenvalue weighted by Gasteiger charge is -2.42. The first-order valence-electron chi connectivity index (χ1n) is 13.0. The van der Waals surface area contributed by atoms with Crippen LogP contribution in [-0.4, -0.2) is 72.3 Å². The molecule has 2 saturated heterocycles. The van der Waals surface area contributed by atoms with Crippen molar-refractivity contribution in [1.29, 1.82) is 0 Å². The Labute approximate surface area is 206 Å². The molecule has 7 heteroatoms. The van der Waals surface area contributed by atoms with E-state index >= 15 is 4.39 Å². The van der Waals surface area contributed by atoms with Crippen LogP contribution in [0.15, 0.2) is 30.3 Å². The van der Waals surface area contributed by atoms with Crippen molar-refractivity contribution < 1.29 is 13.9 Å². The minimum absolute atomic E-state index is 0.140. The topological polar surface area (TPSA) is 53.6 Å². The van der Waals surface area contributed by atoms with Gasteiger partial charge in [0.15, 0.2) is 11.5 Å². The predicted octanol–water partition coefficient (Wildman–Crippen LogP) is 5.19. The number of piperidine rings is 2. The second-order valence-electron chi connectivity index (χ2n) is 10.4. The highest BCUT2D eigenvalue weighted by Crippen LogP contribution is 2.36. The Morgan fingerprint density at radius 2 is 1.49 bits per heavy atom. The van der Waals surface area contributed by atoms with E-state index in [0.29, 0.717) is 28.9 Å². The van der Waals surface area contributed by atoms with Crippen LogP contribution in [0.4, 0.5) is 4.39 Å². The van der Waals surface area contributed by atoms with Crippen LogP contribution in [0.5, 0.6) is 11.5 Å². The maximum Gasteiger partial charge on any atom is 0.161 e. The molecule has 0 radical (unpaired) electrons. The van der Waals surface area contributed by atoms with E-state index in [1.807, 2.05) is 24.3 Å². The third kappa shape index (κ3) is 4.52. The number of hydrogen-bond acceptors (Lipinski definition) is 5. The van der Waals surface area contributed by atoms with Crippen LogP contribution in [0.1, 0.15) is 50.0 Å². The number of ether oxygens (including phenoxy) is 2. The highest BCUT2D eigenvalue weighted by Gasteiger charge is 2.34. The molecule has 186 valence electrons. The van der Waals surface area contributed by atoms with E-state index in [1.54, 1.807) is 20.3 Å². The third-order valence-corrected chi connectivity index (χ3v) is 8.31. The first-order chi connectivity index (χ1) is 17.1. The number of rotatable bonds is 6. The third-order valence-electron chi connectivity index (χ3n) is 8.31. The standard InChI is InChI=1S/C28H35FN4O2/c1-34-26-6-3-19(15-27(26)35-2)28-30-24-16-22(23(29)17-25(24)31-28)18-7-11-32(12-8-18)21-9-13-33(14-10-21)20-4-5-20/h3,6,15-18,20-21H,4-5,7-14H2,1-2H3,(H,30,31). The van der Waals surface area contributed by atoms with Crippen molar-refractivity contribution in [2.45, 2.75) is 56.5 Å². The van der Waals surface area contributed by atoms with Crippen molar-refractivity contribution in [3.8, 4) is 22.9 Å². The molecule has 0 spiro atoms. The average Bonchev–Trinajstić information content (AvgIpc) is 3.67. The van der Waals surface area contributed by atoms with E-state index in [1.165, 1.54) is 38.8 Å². The van der Waals surface area contributed by atoms with Crippen molar-refractivity contribution >= 4 is 11.0 Å². The molecule has 0 amide bonds. The molecule has 6 nitrogen and oxygen atoms in total. The number of fused-ring (bicyclic) bond motifs is 1. The van der Waals surface area contributed by atoms with Gasteiger partial charge in [0, 0.05) is 23.7 Å². The molecular formula is C28H35FN4O2. The van der Waals surface area contributed by atoms with Gasteiger partial charge in [0.25, 0.3) is 0 Å². The zero-order chi connectivity index (χ0) is 23.9. The first-order valence-corrected chi connectivity index (χ1v) is 13.0. The fraction of sp³-hybridized carbons (Fsp3) is 0.536. The molecule has 1 aliphatic carbocycles. The monoisotopic (exact) mass is 478 g/mol. The van der Waals surface area contributed by atoms with E-state index < -0.39 is 0 Å². The van der Waals surface area contributed by atoms with Gasteiger partial charge in [-0.1, -0.05) is 0 Å². The maximum atomic E-state index is 15.2. The zero-order valence-electron chi connectivity index (χ0n) is 20.7. The van der Waals surface area contributed by atoms with E-state index in [9.17, 15) is 0 Å². The van der Waals surface area contributed by atoms with Gasteiger partial charge in [-0.2, -0.15) is 0 Å². The summed E-state index contributed by atoms with van der Waals surface area (Å²) in [5.41, 5.74) is 3.22. The summed E-state index contributed by atoms with van der Waals surface area (Å²) in [4.78, 5) is 13.4. The Bertz CT molecular complexity index is 1190. The molecule has 3 fully saturated rings. The number of hydrogen-bond donors (Lipinski definition) is 1. The van der Waals surface area contributed by atoms with Gasteiger partial charge in [0.1, 0.15) is 11.6 Å². The highest BCUT2D eigenvalue weighted by atomic mass is 19.1. The summed E-state index contributed by atoms with van der Waals surface area (Å²) >= 11 is 0. The van der Waals surface area contributed by atoms with E-state index in [-0.39, 0.29) is 11.7 Å². The molecule has 1 saturated carbocycles. The fourth-order valence-electron chi connectivity index (χ4n) is 6.11. The van der Waals surface area contributed by atoms with Gasteiger partial charge in [-0.15, -0.1) is 0 Å².